The summed E-state index contributed by atoms with van der Waals surface area (Å²) in [5, 5.41) is 19.7. The number of carboxylic acid groups (broad SMARTS) is 1. The molecule has 5 rings (SSSR count). The quantitative estimate of drug-likeness (QED) is 0.198. The molecule has 4 N–H and O–H groups in total. The van der Waals surface area contributed by atoms with Gasteiger partial charge in [0.15, 0.2) is 0 Å². The summed E-state index contributed by atoms with van der Waals surface area (Å²) in [5.41, 5.74) is 3.43. The third kappa shape index (κ3) is 7.44. The fraction of sp³-hybridized carbons (Fsp3) is 0.429. The molecule has 1 amide bonds. The molecular weight excluding hydrogens is 567 g/mol. The Kier molecular flexibility index (Phi) is 9.63. The number of carbonyl (C=O) groups excluding carboxylic acids is 1. The van der Waals surface area contributed by atoms with Crippen molar-refractivity contribution in [3.05, 3.63) is 94.0 Å². The van der Waals surface area contributed by atoms with E-state index in [1.165, 1.54) is 31.9 Å². The van der Waals surface area contributed by atoms with E-state index >= 15 is 0 Å². The van der Waals surface area contributed by atoms with E-state index in [9.17, 15) is 27.9 Å². The van der Waals surface area contributed by atoms with Crippen molar-refractivity contribution in [1.29, 1.82) is 0 Å². The summed E-state index contributed by atoms with van der Waals surface area (Å²) >= 11 is 0. The molecule has 3 atom stereocenters. The van der Waals surface area contributed by atoms with Crippen molar-refractivity contribution in [2.45, 2.75) is 89.5 Å². The van der Waals surface area contributed by atoms with Crippen LogP contribution in [0.2, 0.25) is 0 Å². The van der Waals surface area contributed by atoms with Gasteiger partial charge in [0.25, 0.3) is 0 Å². The Morgan fingerprint density at radius 1 is 0.909 bits per heavy atom. The van der Waals surface area contributed by atoms with Gasteiger partial charge in [-0.2, -0.15) is 13.2 Å². The van der Waals surface area contributed by atoms with E-state index in [1.54, 1.807) is 12.1 Å². The SMILES string of the molecule is Cc1ccc(NC(=O)C2CCC(CCc3c(C)cccc3C(=O)O)NC2c2ccc(NC3CCCC3)cc2)cc1C(F)(F)F. The molecule has 6 nitrogen and oxygen atoms in total. The molecule has 0 radical (unpaired) electrons. The van der Waals surface area contributed by atoms with E-state index in [4.69, 9.17) is 0 Å². The van der Waals surface area contributed by atoms with Crippen molar-refractivity contribution < 1.29 is 27.9 Å². The second kappa shape index (κ2) is 13.4. The van der Waals surface area contributed by atoms with Gasteiger partial charge in [-0.25, -0.2) is 4.79 Å². The molecule has 2 aliphatic rings. The summed E-state index contributed by atoms with van der Waals surface area (Å²) in [4.78, 5) is 25.5. The fourth-order valence-electron chi connectivity index (χ4n) is 6.73. The highest BCUT2D eigenvalue weighted by Crippen LogP contribution is 2.37. The lowest BCUT2D eigenvalue weighted by Crippen LogP contribution is -2.46. The number of carboxylic acids is 1. The van der Waals surface area contributed by atoms with Crippen LogP contribution in [0.1, 0.15) is 89.2 Å². The molecule has 234 valence electrons. The predicted octanol–water partition coefficient (Wildman–Crippen LogP) is 8.06. The summed E-state index contributed by atoms with van der Waals surface area (Å²) in [6, 6.07) is 17.3. The second-order valence-electron chi connectivity index (χ2n) is 12.2. The Morgan fingerprint density at radius 2 is 1.61 bits per heavy atom. The molecule has 0 aromatic heterocycles. The number of anilines is 2. The van der Waals surface area contributed by atoms with Gasteiger partial charge in [-0.3, -0.25) is 4.79 Å². The number of benzene rings is 3. The van der Waals surface area contributed by atoms with Crippen LogP contribution in [0.15, 0.2) is 60.7 Å². The van der Waals surface area contributed by atoms with Crippen LogP contribution in [-0.2, 0) is 17.4 Å². The first kappa shape index (κ1) is 31.6. The molecule has 1 aliphatic carbocycles. The van der Waals surface area contributed by atoms with Gasteiger partial charge in [-0.15, -0.1) is 0 Å². The first-order valence-electron chi connectivity index (χ1n) is 15.4. The number of aromatic carboxylic acids is 1. The number of halogens is 3. The van der Waals surface area contributed by atoms with Crippen molar-refractivity contribution in [2.75, 3.05) is 10.6 Å². The van der Waals surface area contributed by atoms with E-state index in [0.717, 1.165) is 41.3 Å². The number of piperidine rings is 1. The normalized spacial score (nSPS) is 20.8. The topological polar surface area (TPSA) is 90.5 Å². The maximum absolute atomic E-state index is 13.6. The monoisotopic (exact) mass is 607 g/mol. The van der Waals surface area contributed by atoms with Gasteiger partial charge in [0.2, 0.25) is 5.91 Å². The van der Waals surface area contributed by atoms with E-state index in [0.29, 0.717) is 37.3 Å². The van der Waals surface area contributed by atoms with Crippen LogP contribution < -0.4 is 16.0 Å². The minimum Gasteiger partial charge on any atom is -0.478 e. The van der Waals surface area contributed by atoms with Gasteiger partial charge in [-0.1, -0.05) is 43.2 Å². The zero-order valence-corrected chi connectivity index (χ0v) is 25.1. The predicted molar refractivity (Wildman–Crippen MR) is 166 cm³/mol. The molecule has 3 aromatic carbocycles. The van der Waals surface area contributed by atoms with E-state index < -0.39 is 23.6 Å². The third-order valence-electron chi connectivity index (χ3n) is 9.17. The zero-order chi connectivity index (χ0) is 31.4. The zero-order valence-electron chi connectivity index (χ0n) is 25.1. The Labute approximate surface area is 256 Å². The maximum atomic E-state index is 13.6. The Balaban J connectivity index is 1.35. The molecule has 3 unspecified atom stereocenters. The molecule has 44 heavy (non-hydrogen) atoms. The molecule has 3 aromatic rings. The van der Waals surface area contributed by atoms with Crippen molar-refractivity contribution in [3.8, 4) is 0 Å². The van der Waals surface area contributed by atoms with Gasteiger partial charge in [0, 0.05) is 29.5 Å². The van der Waals surface area contributed by atoms with Gasteiger partial charge in [-0.05, 0) is 105 Å². The van der Waals surface area contributed by atoms with E-state index in [-0.39, 0.29) is 29.2 Å². The molecule has 1 saturated heterocycles. The number of aryl methyl sites for hydroxylation is 2. The lowest BCUT2D eigenvalue weighted by atomic mass is 9.81. The highest BCUT2D eigenvalue weighted by Gasteiger charge is 2.37. The van der Waals surface area contributed by atoms with Crippen LogP contribution in [-0.4, -0.2) is 29.1 Å². The van der Waals surface area contributed by atoms with Crippen LogP contribution >= 0.6 is 0 Å². The second-order valence-corrected chi connectivity index (χ2v) is 12.2. The van der Waals surface area contributed by atoms with E-state index in [1.807, 2.05) is 37.3 Å². The number of carbonyl (C=O) groups is 2. The number of hydrogen-bond acceptors (Lipinski definition) is 4. The summed E-state index contributed by atoms with van der Waals surface area (Å²) in [6.45, 7) is 3.31. The van der Waals surface area contributed by atoms with Gasteiger partial charge in [0.05, 0.1) is 17.0 Å². The molecule has 0 spiro atoms. The highest BCUT2D eigenvalue weighted by atomic mass is 19.4. The average Bonchev–Trinajstić information content (AvgIpc) is 3.50. The molecule has 2 fully saturated rings. The molecule has 1 saturated carbocycles. The molecule has 1 heterocycles. The largest absolute Gasteiger partial charge is 0.478 e. The van der Waals surface area contributed by atoms with Crippen LogP contribution in [0, 0.1) is 19.8 Å². The first-order valence-corrected chi connectivity index (χ1v) is 15.4. The van der Waals surface area contributed by atoms with Crippen molar-refractivity contribution in [3.63, 3.8) is 0 Å². The Morgan fingerprint density at radius 3 is 2.30 bits per heavy atom. The lowest BCUT2D eigenvalue weighted by Gasteiger charge is -2.37. The maximum Gasteiger partial charge on any atom is 0.416 e. The lowest BCUT2D eigenvalue weighted by molar-refractivity contribution is -0.138. The smallest absolute Gasteiger partial charge is 0.416 e. The van der Waals surface area contributed by atoms with Crippen LogP contribution in [0.3, 0.4) is 0 Å². The number of alkyl halides is 3. The number of rotatable bonds is 9. The van der Waals surface area contributed by atoms with Crippen LogP contribution in [0.25, 0.3) is 0 Å². The van der Waals surface area contributed by atoms with Crippen molar-refractivity contribution in [1.82, 2.24) is 5.32 Å². The Hall–Kier alpha value is -3.85. The van der Waals surface area contributed by atoms with Gasteiger partial charge >= 0.3 is 12.1 Å². The third-order valence-corrected chi connectivity index (χ3v) is 9.17. The molecule has 1 aliphatic heterocycles. The summed E-state index contributed by atoms with van der Waals surface area (Å²) in [5.74, 6) is -1.80. The molecule has 0 bridgehead atoms. The first-order chi connectivity index (χ1) is 21.0. The Bertz CT molecular complexity index is 1480. The summed E-state index contributed by atoms with van der Waals surface area (Å²) < 4.78 is 40.6. The number of amides is 1. The summed E-state index contributed by atoms with van der Waals surface area (Å²) in [6.07, 6.45) is 2.70. The van der Waals surface area contributed by atoms with Crippen molar-refractivity contribution >= 4 is 23.3 Å². The number of hydrogen-bond donors (Lipinski definition) is 4. The van der Waals surface area contributed by atoms with Gasteiger partial charge < -0.3 is 21.1 Å². The standard InChI is InChI=1S/C35H40F3N3O3/c1-21-6-5-9-29(34(43)44)28(21)18-16-26-17-19-30(33(42)41-27-13-10-22(2)31(20-27)35(36,37)38)32(40-26)23-11-14-25(15-12-23)39-24-7-3-4-8-24/h5-6,9-15,20,24,26,30,32,39-40H,3-4,7-8,16-19H2,1-2H3,(H,41,42)(H,43,44). The van der Waals surface area contributed by atoms with Crippen LogP contribution in [0.5, 0.6) is 0 Å². The van der Waals surface area contributed by atoms with E-state index in [2.05, 4.69) is 16.0 Å². The van der Waals surface area contributed by atoms with Crippen LogP contribution in [0.4, 0.5) is 24.5 Å². The van der Waals surface area contributed by atoms with Gasteiger partial charge in [0.1, 0.15) is 0 Å². The highest BCUT2D eigenvalue weighted by molar-refractivity contribution is 5.93. The minimum absolute atomic E-state index is 0.0257. The molecular formula is C35H40F3N3O3. The number of nitrogens with one attached hydrogen (secondary N) is 3. The molecule has 9 heteroatoms. The average molecular weight is 608 g/mol. The minimum atomic E-state index is -4.52. The fourth-order valence-corrected chi connectivity index (χ4v) is 6.73. The summed E-state index contributed by atoms with van der Waals surface area (Å²) in [7, 11) is 0. The van der Waals surface area contributed by atoms with Crippen molar-refractivity contribution in [2.24, 2.45) is 5.92 Å².